The molecule has 0 saturated carbocycles. The second kappa shape index (κ2) is 9.30. The summed E-state index contributed by atoms with van der Waals surface area (Å²) in [5.74, 6) is 0.157. The number of carbonyl (C=O) groups is 2. The van der Waals surface area contributed by atoms with E-state index in [9.17, 15) is 9.59 Å². The second-order valence-corrected chi connectivity index (χ2v) is 7.38. The molecule has 0 bridgehead atoms. The third kappa shape index (κ3) is 5.51. The highest BCUT2D eigenvalue weighted by Crippen LogP contribution is 2.18. The molecule has 0 aliphatic carbocycles. The summed E-state index contributed by atoms with van der Waals surface area (Å²) < 4.78 is 5.41. The van der Waals surface area contributed by atoms with E-state index in [0.29, 0.717) is 39.3 Å². The van der Waals surface area contributed by atoms with Crippen molar-refractivity contribution in [2.24, 2.45) is 0 Å². The number of nitrogens with one attached hydrogen (secondary N) is 2. The molecule has 2 fully saturated rings. The van der Waals surface area contributed by atoms with Crippen LogP contribution in [0.4, 0.5) is 5.69 Å². The second-order valence-electron chi connectivity index (χ2n) is 7.38. The van der Waals surface area contributed by atoms with Crippen molar-refractivity contribution in [1.29, 1.82) is 0 Å². The molecule has 1 aromatic rings. The zero-order chi connectivity index (χ0) is 19.2. The van der Waals surface area contributed by atoms with Crippen LogP contribution in [0.1, 0.15) is 17.5 Å². The molecule has 1 atom stereocenters. The maximum Gasteiger partial charge on any atom is 0.238 e. The smallest absolute Gasteiger partial charge is 0.238 e. The van der Waals surface area contributed by atoms with Gasteiger partial charge >= 0.3 is 0 Å². The summed E-state index contributed by atoms with van der Waals surface area (Å²) >= 11 is 0. The molecule has 27 heavy (non-hydrogen) atoms. The van der Waals surface area contributed by atoms with Gasteiger partial charge in [0.15, 0.2) is 0 Å². The Hall–Kier alpha value is -1.96. The molecular weight excluding hydrogens is 344 g/mol. The molecule has 0 aromatic heterocycles. The first-order chi connectivity index (χ1) is 13.0. The van der Waals surface area contributed by atoms with Gasteiger partial charge in [0, 0.05) is 50.9 Å². The summed E-state index contributed by atoms with van der Waals surface area (Å²) in [7, 11) is 0. The number of hydrogen-bond donors (Lipinski definition) is 2. The average molecular weight is 374 g/mol. The lowest BCUT2D eigenvalue weighted by molar-refractivity contribution is -0.134. The van der Waals surface area contributed by atoms with E-state index < -0.39 is 0 Å². The fraction of sp³-hybridized carbons (Fsp3) is 0.600. The fourth-order valence-electron chi connectivity index (χ4n) is 3.53. The van der Waals surface area contributed by atoms with Gasteiger partial charge in [-0.25, -0.2) is 0 Å². The molecule has 1 aromatic carbocycles. The van der Waals surface area contributed by atoms with Gasteiger partial charge < -0.3 is 20.3 Å². The van der Waals surface area contributed by atoms with Crippen LogP contribution >= 0.6 is 0 Å². The summed E-state index contributed by atoms with van der Waals surface area (Å²) in [4.78, 5) is 28.8. The lowest BCUT2D eigenvalue weighted by atomic mass is 10.1. The number of aryl methyl sites for hydroxylation is 1. The maximum absolute atomic E-state index is 12.4. The first kappa shape index (κ1) is 19.8. The normalized spacial score (nSPS) is 21.1. The van der Waals surface area contributed by atoms with Crippen molar-refractivity contribution in [1.82, 2.24) is 15.1 Å². The van der Waals surface area contributed by atoms with Crippen LogP contribution in [0.3, 0.4) is 0 Å². The molecule has 3 rings (SSSR count). The first-order valence-electron chi connectivity index (χ1n) is 9.70. The van der Waals surface area contributed by atoms with Crippen molar-refractivity contribution in [2.75, 3.05) is 57.8 Å². The lowest BCUT2D eigenvalue weighted by Gasteiger charge is -2.35. The van der Waals surface area contributed by atoms with Crippen molar-refractivity contribution in [3.05, 3.63) is 29.3 Å². The van der Waals surface area contributed by atoms with E-state index in [1.807, 2.05) is 36.9 Å². The Morgan fingerprint density at radius 3 is 2.70 bits per heavy atom. The SMILES string of the molecule is Cc1cccc(NC(=O)CN2CCN(C(=O)CC3COCCN3)CC2)c1C. The molecule has 7 nitrogen and oxygen atoms in total. The highest BCUT2D eigenvalue weighted by molar-refractivity contribution is 5.93. The number of carbonyl (C=O) groups excluding carboxylic acids is 2. The molecule has 0 spiro atoms. The van der Waals surface area contributed by atoms with Gasteiger partial charge in [-0.2, -0.15) is 0 Å². The molecule has 0 radical (unpaired) electrons. The number of anilines is 1. The molecule has 1 unspecified atom stereocenters. The topological polar surface area (TPSA) is 73.9 Å². The Morgan fingerprint density at radius 2 is 2.00 bits per heavy atom. The summed E-state index contributed by atoms with van der Waals surface area (Å²) in [6.45, 7) is 9.32. The monoisotopic (exact) mass is 374 g/mol. The fourth-order valence-corrected chi connectivity index (χ4v) is 3.53. The Balaban J connectivity index is 1.41. The van der Waals surface area contributed by atoms with Crippen LogP contribution in [-0.2, 0) is 14.3 Å². The van der Waals surface area contributed by atoms with E-state index in [2.05, 4.69) is 15.5 Å². The van der Waals surface area contributed by atoms with E-state index in [4.69, 9.17) is 4.74 Å². The van der Waals surface area contributed by atoms with Gasteiger partial charge in [-0.05, 0) is 31.0 Å². The van der Waals surface area contributed by atoms with Crippen molar-refractivity contribution in [3.8, 4) is 0 Å². The van der Waals surface area contributed by atoms with Crippen molar-refractivity contribution in [3.63, 3.8) is 0 Å². The highest BCUT2D eigenvalue weighted by atomic mass is 16.5. The summed E-state index contributed by atoms with van der Waals surface area (Å²) in [6.07, 6.45) is 0.479. The Morgan fingerprint density at radius 1 is 1.22 bits per heavy atom. The molecule has 7 heteroatoms. The van der Waals surface area contributed by atoms with Gasteiger partial charge in [-0.3, -0.25) is 14.5 Å². The molecule has 2 aliphatic heterocycles. The van der Waals surface area contributed by atoms with Gasteiger partial charge in [0.25, 0.3) is 0 Å². The number of rotatable bonds is 5. The Kier molecular flexibility index (Phi) is 6.82. The van der Waals surface area contributed by atoms with Crippen molar-refractivity contribution >= 4 is 17.5 Å². The van der Waals surface area contributed by atoms with Gasteiger partial charge in [0.2, 0.25) is 11.8 Å². The van der Waals surface area contributed by atoms with E-state index in [1.54, 1.807) is 0 Å². The Labute approximate surface area is 161 Å². The van der Waals surface area contributed by atoms with E-state index in [1.165, 1.54) is 0 Å². The summed E-state index contributed by atoms with van der Waals surface area (Å²) in [6, 6.07) is 6.04. The van der Waals surface area contributed by atoms with Crippen LogP contribution < -0.4 is 10.6 Å². The molecule has 148 valence electrons. The van der Waals surface area contributed by atoms with Gasteiger partial charge in [-0.15, -0.1) is 0 Å². The van der Waals surface area contributed by atoms with Crippen LogP contribution in [0.2, 0.25) is 0 Å². The number of amides is 2. The van der Waals surface area contributed by atoms with Gasteiger partial charge in [0.05, 0.1) is 19.8 Å². The minimum absolute atomic E-state index is 0.00738. The van der Waals surface area contributed by atoms with Crippen LogP contribution in [0.5, 0.6) is 0 Å². The molecule has 2 N–H and O–H groups in total. The van der Waals surface area contributed by atoms with Crippen LogP contribution in [-0.4, -0.2) is 80.1 Å². The van der Waals surface area contributed by atoms with E-state index in [0.717, 1.165) is 36.4 Å². The third-order valence-electron chi connectivity index (χ3n) is 5.39. The number of nitrogens with zero attached hydrogens (tertiary/aromatic N) is 2. The zero-order valence-electron chi connectivity index (χ0n) is 16.3. The number of morpholine rings is 1. The lowest BCUT2D eigenvalue weighted by Crippen LogP contribution is -2.52. The molecule has 2 amide bonds. The largest absolute Gasteiger partial charge is 0.378 e. The number of hydrogen-bond acceptors (Lipinski definition) is 5. The molecular formula is C20H30N4O3. The van der Waals surface area contributed by atoms with Gasteiger partial charge in [0.1, 0.15) is 0 Å². The standard InChI is InChI=1S/C20H30N4O3/c1-15-4-3-5-18(16(15)2)22-19(25)13-23-7-9-24(10-8-23)20(26)12-17-14-27-11-6-21-17/h3-5,17,21H,6-14H2,1-2H3,(H,22,25). The van der Waals surface area contributed by atoms with E-state index in [-0.39, 0.29) is 17.9 Å². The average Bonchev–Trinajstić information content (AvgIpc) is 2.67. The summed E-state index contributed by atoms with van der Waals surface area (Å²) in [5.41, 5.74) is 3.13. The van der Waals surface area contributed by atoms with Crippen LogP contribution in [0.25, 0.3) is 0 Å². The molecule has 2 aliphatic rings. The van der Waals surface area contributed by atoms with Crippen LogP contribution in [0.15, 0.2) is 18.2 Å². The van der Waals surface area contributed by atoms with E-state index >= 15 is 0 Å². The number of piperazine rings is 1. The summed E-state index contributed by atoms with van der Waals surface area (Å²) in [5, 5.41) is 6.32. The number of benzene rings is 1. The molecule has 2 saturated heterocycles. The minimum atomic E-state index is -0.00738. The predicted molar refractivity (Wildman–Crippen MR) is 105 cm³/mol. The van der Waals surface area contributed by atoms with Crippen molar-refractivity contribution in [2.45, 2.75) is 26.3 Å². The third-order valence-corrected chi connectivity index (χ3v) is 5.39. The predicted octanol–water partition coefficient (Wildman–Crippen LogP) is 0.765. The highest BCUT2D eigenvalue weighted by Gasteiger charge is 2.25. The first-order valence-corrected chi connectivity index (χ1v) is 9.70. The molecule has 2 heterocycles. The number of ether oxygens (including phenoxy) is 1. The van der Waals surface area contributed by atoms with Crippen molar-refractivity contribution < 1.29 is 14.3 Å². The van der Waals surface area contributed by atoms with Gasteiger partial charge in [-0.1, -0.05) is 12.1 Å². The Bertz CT molecular complexity index is 665. The quantitative estimate of drug-likeness (QED) is 0.796. The zero-order valence-corrected chi connectivity index (χ0v) is 16.3. The van der Waals surface area contributed by atoms with Crippen LogP contribution in [0, 0.1) is 13.8 Å². The maximum atomic E-state index is 12.4. The minimum Gasteiger partial charge on any atom is -0.378 e.